The fourth-order valence-corrected chi connectivity index (χ4v) is 2.11. The molecule has 6 heteroatoms. The van der Waals surface area contributed by atoms with E-state index in [9.17, 15) is 4.79 Å². The normalized spacial score (nSPS) is 10.5. The molecule has 3 rings (SSSR count). The zero-order chi connectivity index (χ0) is 14.8. The number of nitrogens with one attached hydrogen (secondary N) is 1. The summed E-state index contributed by atoms with van der Waals surface area (Å²) in [5, 5.41) is 1.39. The minimum Gasteiger partial charge on any atom is -0.451 e. The van der Waals surface area contributed by atoms with Crippen LogP contribution in [0.3, 0.4) is 0 Å². The van der Waals surface area contributed by atoms with Crippen LogP contribution < -0.4 is 15.2 Å². The topological polar surface area (TPSA) is 77.3 Å². The van der Waals surface area contributed by atoms with E-state index in [1.807, 2.05) is 24.3 Å². The van der Waals surface area contributed by atoms with Crippen LogP contribution in [0.4, 0.5) is 4.79 Å². The smallest absolute Gasteiger partial charge is 0.411 e. The lowest BCUT2D eigenvalue weighted by atomic mass is 10.2. The first-order valence-electron chi connectivity index (χ1n) is 6.15. The number of aromatic nitrogens is 1. The Hall–Kier alpha value is -2.66. The summed E-state index contributed by atoms with van der Waals surface area (Å²) < 4.78 is 10.8. The van der Waals surface area contributed by atoms with Gasteiger partial charge in [-0.05, 0) is 36.4 Å². The molecule has 0 saturated carbocycles. The Morgan fingerprint density at radius 1 is 1.10 bits per heavy atom. The Balaban J connectivity index is 2.05. The molecule has 1 amide bonds. The zero-order valence-corrected chi connectivity index (χ0v) is 11.6. The van der Waals surface area contributed by atoms with Gasteiger partial charge in [0.15, 0.2) is 5.75 Å². The molecule has 0 aliphatic heterocycles. The van der Waals surface area contributed by atoms with Crippen molar-refractivity contribution in [1.29, 1.82) is 0 Å². The van der Waals surface area contributed by atoms with Gasteiger partial charge in [0.25, 0.3) is 0 Å². The predicted molar refractivity (Wildman–Crippen MR) is 80.0 cm³/mol. The minimum atomic E-state index is -0.914. The number of primary amides is 1. The number of carbonyl (C=O) groups is 1. The average Bonchev–Trinajstić information content (AvgIpc) is 2.78. The average molecular weight is 303 g/mol. The van der Waals surface area contributed by atoms with E-state index in [0.29, 0.717) is 16.5 Å². The van der Waals surface area contributed by atoms with E-state index in [0.717, 1.165) is 10.9 Å². The van der Waals surface area contributed by atoms with Crippen LogP contribution in [0.5, 0.6) is 17.4 Å². The van der Waals surface area contributed by atoms with Crippen molar-refractivity contribution in [3.63, 3.8) is 0 Å². The van der Waals surface area contributed by atoms with E-state index in [4.69, 9.17) is 26.8 Å². The number of H-pyrrole nitrogens is 1. The van der Waals surface area contributed by atoms with E-state index in [-0.39, 0.29) is 5.88 Å². The number of nitrogens with two attached hydrogens (primary N) is 1. The van der Waals surface area contributed by atoms with Crippen LogP contribution in [0.1, 0.15) is 0 Å². The number of benzene rings is 2. The molecule has 3 aromatic rings. The van der Waals surface area contributed by atoms with Crippen molar-refractivity contribution >= 4 is 28.6 Å². The molecule has 5 nitrogen and oxygen atoms in total. The molecule has 0 saturated heterocycles. The second-order valence-electron chi connectivity index (χ2n) is 4.31. The van der Waals surface area contributed by atoms with Gasteiger partial charge < -0.3 is 20.2 Å². The van der Waals surface area contributed by atoms with Crippen LogP contribution in [0, 0.1) is 0 Å². The first-order valence-corrected chi connectivity index (χ1v) is 6.52. The van der Waals surface area contributed by atoms with Crippen molar-refractivity contribution in [2.75, 3.05) is 0 Å². The van der Waals surface area contributed by atoms with E-state index in [1.165, 1.54) is 0 Å². The van der Waals surface area contributed by atoms with Gasteiger partial charge in [-0.3, -0.25) is 0 Å². The molecule has 0 aliphatic rings. The molecular formula is C15H11ClN2O3. The Morgan fingerprint density at radius 2 is 1.81 bits per heavy atom. The molecule has 106 valence electrons. The molecule has 3 N–H and O–H groups in total. The lowest BCUT2D eigenvalue weighted by molar-refractivity contribution is 0.208. The molecule has 0 radical (unpaired) electrons. The summed E-state index contributed by atoms with van der Waals surface area (Å²) in [7, 11) is 0. The van der Waals surface area contributed by atoms with Gasteiger partial charge in [0.1, 0.15) is 5.75 Å². The summed E-state index contributed by atoms with van der Waals surface area (Å²) in [6.07, 6.45) is -0.914. The van der Waals surface area contributed by atoms with Gasteiger partial charge >= 0.3 is 6.09 Å². The maximum Gasteiger partial charge on any atom is 0.411 e. The lowest BCUT2D eigenvalue weighted by Crippen LogP contribution is -2.16. The summed E-state index contributed by atoms with van der Waals surface area (Å²) in [5.41, 5.74) is 5.85. The number of ether oxygens (including phenoxy) is 2. The highest BCUT2D eigenvalue weighted by molar-refractivity contribution is 6.30. The van der Waals surface area contributed by atoms with Crippen molar-refractivity contribution in [2.24, 2.45) is 5.73 Å². The van der Waals surface area contributed by atoms with Gasteiger partial charge in [0, 0.05) is 10.4 Å². The lowest BCUT2D eigenvalue weighted by Gasteiger charge is -2.06. The summed E-state index contributed by atoms with van der Waals surface area (Å²) in [6.45, 7) is 0. The molecule has 1 aromatic heterocycles. The molecule has 2 aromatic carbocycles. The highest BCUT2D eigenvalue weighted by atomic mass is 35.5. The van der Waals surface area contributed by atoms with Gasteiger partial charge in [-0.1, -0.05) is 23.7 Å². The molecule has 0 fully saturated rings. The molecule has 0 bridgehead atoms. The van der Waals surface area contributed by atoms with Crippen LogP contribution in [0.2, 0.25) is 5.02 Å². The van der Waals surface area contributed by atoms with Crippen molar-refractivity contribution in [1.82, 2.24) is 4.98 Å². The standard InChI is InChI=1S/C15H11ClN2O3/c16-9-5-7-10(8-6-9)20-13-11-3-1-2-4-12(11)18-14(13)21-15(17)19/h1-8,18H,(H2,17,19). The van der Waals surface area contributed by atoms with E-state index in [1.54, 1.807) is 24.3 Å². The number of hydrogen-bond acceptors (Lipinski definition) is 3. The van der Waals surface area contributed by atoms with Gasteiger partial charge in [-0.15, -0.1) is 0 Å². The Morgan fingerprint density at radius 3 is 2.52 bits per heavy atom. The van der Waals surface area contributed by atoms with Crippen LogP contribution in [-0.4, -0.2) is 11.1 Å². The summed E-state index contributed by atoms with van der Waals surface area (Å²) in [6, 6.07) is 14.3. The summed E-state index contributed by atoms with van der Waals surface area (Å²) in [4.78, 5) is 14.0. The zero-order valence-electron chi connectivity index (χ0n) is 10.8. The SMILES string of the molecule is NC(=O)Oc1[nH]c2ccccc2c1Oc1ccc(Cl)cc1. The van der Waals surface area contributed by atoms with Crippen molar-refractivity contribution in [3.05, 3.63) is 53.6 Å². The fraction of sp³-hybridized carbons (Fsp3) is 0. The molecular weight excluding hydrogens is 292 g/mol. The van der Waals surface area contributed by atoms with E-state index in [2.05, 4.69) is 4.98 Å². The third-order valence-electron chi connectivity index (χ3n) is 2.86. The maximum atomic E-state index is 11.0. The van der Waals surface area contributed by atoms with Gasteiger partial charge in [0.2, 0.25) is 5.88 Å². The highest BCUT2D eigenvalue weighted by Crippen LogP contribution is 2.39. The van der Waals surface area contributed by atoms with Crippen molar-refractivity contribution in [2.45, 2.75) is 0 Å². The molecule has 0 unspecified atom stereocenters. The van der Waals surface area contributed by atoms with E-state index < -0.39 is 6.09 Å². The second kappa shape index (κ2) is 5.38. The number of para-hydroxylation sites is 1. The van der Waals surface area contributed by atoms with Gasteiger partial charge in [-0.2, -0.15) is 0 Å². The Kier molecular flexibility index (Phi) is 3.41. The number of fused-ring (bicyclic) bond motifs is 1. The Labute approximate surface area is 125 Å². The van der Waals surface area contributed by atoms with E-state index >= 15 is 0 Å². The highest BCUT2D eigenvalue weighted by Gasteiger charge is 2.16. The fourth-order valence-electron chi connectivity index (χ4n) is 1.99. The number of carbonyl (C=O) groups excluding carboxylic acids is 1. The number of halogens is 1. The first kappa shape index (κ1) is 13.3. The number of aromatic amines is 1. The largest absolute Gasteiger partial charge is 0.451 e. The number of amides is 1. The summed E-state index contributed by atoms with van der Waals surface area (Å²) in [5.74, 6) is 1.13. The number of hydrogen-bond donors (Lipinski definition) is 2. The summed E-state index contributed by atoms with van der Waals surface area (Å²) >= 11 is 5.84. The van der Waals surface area contributed by atoms with Gasteiger partial charge in [-0.25, -0.2) is 4.79 Å². The number of rotatable bonds is 3. The third-order valence-corrected chi connectivity index (χ3v) is 3.11. The first-order chi connectivity index (χ1) is 10.1. The molecule has 0 atom stereocenters. The minimum absolute atomic E-state index is 0.165. The van der Waals surface area contributed by atoms with Gasteiger partial charge in [0.05, 0.1) is 5.52 Å². The van der Waals surface area contributed by atoms with Crippen LogP contribution in [0.15, 0.2) is 48.5 Å². The molecule has 21 heavy (non-hydrogen) atoms. The van der Waals surface area contributed by atoms with Crippen molar-refractivity contribution < 1.29 is 14.3 Å². The van der Waals surface area contributed by atoms with Crippen LogP contribution in [-0.2, 0) is 0 Å². The molecule has 1 heterocycles. The monoisotopic (exact) mass is 302 g/mol. The molecule has 0 spiro atoms. The second-order valence-corrected chi connectivity index (χ2v) is 4.74. The maximum absolute atomic E-state index is 11.0. The van der Waals surface area contributed by atoms with Crippen LogP contribution in [0.25, 0.3) is 10.9 Å². The molecule has 0 aliphatic carbocycles. The van der Waals surface area contributed by atoms with Crippen LogP contribution >= 0.6 is 11.6 Å². The Bertz CT molecular complexity index is 796. The quantitative estimate of drug-likeness (QED) is 0.765. The third kappa shape index (κ3) is 2.78. The van der Waals surface area contributed by atoms with Crippen molar-refractivity contribution in [3.8, 4) is 17.4 Å². The predicted octanol–water partition coefficient (Wildman–Crippen LogP) is 4.07.